The second-order valence-electron chi connectivity index (χ2n) is 4.23. The Kier molecular flexibility index (Phi) is 5.62. The number of hydrogen-bond donors (Lipinski definition) is 2. The molecule has 22 heavy (non-hydrogen) atoms. The molecular formula is C15H13ClN4O2. The molecule has 2 aromatic rings. The van der Waals surface area contributed by atoms with Gasteiger partial charge in [0.25, 0.3) is 11.8 Å². The van der Waals surface area contributed by atoms with Gasteiger partial charge in [0.15, 0.2) is 0 Å². The van der Waals surface area contributed by atoms with Crippen molar-refractivity contribution in [2.24, 2.45) is 5.10 Å². The highest BCUT2D eigenvalue weighted by Gasteiger charge is 2.06. The monoisotopic (exact) mass is 316 g/mol. The summed E-state index contributed by atoms with van der Waals surface area (Å²) >= 11 is 5.94. The number of hydrogen-bond acceptors (Lipinski definition) is 4. The zero-order valence-corrected chi connectivity index (χ0v) is 12.2. The van der Waals surface area contributed by atoms with Gasteiger partial charge in [0.2, 0.25) is 0 Å². The normalized spacial score (nSPS) is 10.4. The summed E-state index contributed by atoms with van der Waals surface area (Å²) < 4.78 is 0. The number of benzene rings is 1. The number of halogens is 1. The van der Waals surface area contributed by atoms with E-state index < -0.39 is 5.91 Å². The van der Waals surface area contributed by atoms with Crippen LogP contribution in [0.4, 0.5) is 0 Å². The quantitative estimate of drug-likeness (QED) is 0.649. The second-order valence-corrected chi connectivity index (χ2v) is 4.64. The van der Waals surface area contributed by atoms with Crippen molar-refractivity contribution in [3.63, 3.8) is 0 Å². The van der Waals surface area contributed by atoms with Crippen LogP contribution in [0.2, 0.25) is 5.02 Å². The van der Waals surface area contributed by atoms with Crippen LogP contribution in [0.5, 0.6) is 0 Å². The first-order valence-electron chi connectivity index (χ1n) is 6.41. The van der Waals surface area contributed by atoms with Gasteiger partial charge in [-0.05, 0) is 18.2 Å². The summed E-state index contributed by atoms with van der Waals surface area (Å²) in [6.07, 6.45) is 4.44. The highest BCUT2D eigenvalue weighted by atomic mass is 35.5. The molecule has 0 aliphatic carbocycles. The molecule has 2 N–H and O–H groups in total. The molecule has 1 aromatic heterocycles. The minimum Gasteiger partial charge on any atom is -0.343 e. The van der Waals surface area contributed by atoms with E-state index in [1.54, 1.807) is 30.3 Å². The van der Waals surface area contributed by atoms with Crippen molar-refractivity contribution in [2.75, 3.05) is 6.54 Å². The van der Waals surface area contributed by atoms with Crippen LogP contribution in [0, 0.1) is 0 Å². The van der Waals surface area contributed by atoms with E-state index in [-0.39, 0.29) is 12.5 Å². The SMILES string of the molecule is O=C(CNC(=O)c1ccncc1)N/N=C\c1ccccc1Cl. The molecule has 7 heteroatoms. The Morgan fingerprint density at radius 1 is 1.18 bits per heavy atom. The van der Waals surface area contributed by atoms with Crippen LogP contribution in [-0.2, 0) is 4.79 Å². The molecule has 1 aromatic carbocycles. The molecule has 1 heterocycles. The van der Waals surface area contributed by atoms with Crippen LogP contribution < -0.4 is 10.7 Å². The molecule has 0 radical (unpaired) electrons. The van der Waals surface area contributed by atoms with Gasteiger partial charge in [0.1, 0.15) is 0 Å². The van der Waals surface area contributed by atoms with E-state index in [0.29, 0.717) is 16.1 Å². The summed E-state index contributed by atoms with van der Waals surface area (Å²) in [4.78, 5) is 27.1. The fraction of sp³-hybridized carbons (Fsp3) is 0.0667. The largest absolute Gasteiger partial charge is 0.343 e. The molecule has 0 bridgehead atoms. The summed E-state index contributed by atoms with van der Waals surface area (Å²) in [6, 6.07) is 10.2. The maximum atomic E-state index is 11.7. The third-order valence-corrected chi connectivity index (χ3v) is 2.99. The molecule has 0 aliphatic rings. The van der Waals surface area contributed by atoms with E-state index in [1.165, 1.54) is 18.6 Å². The Bertz CT molecular complexity index is 689. The van der Waals surface area contributed by atoms with Gasteiger partial charge < -0.3 is 5.32 Å². The molecule has 0 atom stereocenters. The van der Waals surface area contributed by atoms with E-state index in [4.69, 9.17) is 11.6 Å². The molecule has 0 fully saturated rings. The van der Waals surface area contributed by atoms with Crippen LogP contribution in [0.1, 0.15) is 15.9 Å². The minimum absolute atomic E-state index is 0.180. The molecule has 2 amide bonds. The average molecular weight is 317 g/mol. The number of aromatic nitrogens is 1. The van der Waals surface area contributed by atoms with Gasteiger partial charge in [0.05, 0.1) is 12.8 Å². The summed E-state index contributed by atoms with van der Waals surface area (Å²) in [6.45, 7) is -0.180. The summed E-state index contributed by atoms with van der Waals surface area (Å²) in [5.41, 5.74) is 3.43. The van der Waals surface area contributed by atoms with Crippen molar-refractivity contribution in [2.45, 2.75) is 0 Å². The topological polar surface area (TPSA) is 83.5 Å². The lowest BCUT2D eigenvalue weighted by atomic mass is 10.2. The van der Waals surface area contributed by atoms with Gasteiger partial charge in [-0.2, -0.15) is 5.10 Å². The third kappa shape index (κ3) is 4.68. The first-order valence-corrected chi connectivity index (χ1v) is 6.79. The number of pyridine rings is 1. The smallest absolute Gasteiger partial charge is 0.259 e. The molecular weight excluding hydrogens is 304 g/mol. The number of carbonyl (C=O) groups is 2. The van der Waals surface area contributed by atoms with E-state index in [2.05, 4.69) is 20.8 Å². The Labute approximate surface area is 132 Å². The van der Waals surface area contributed by atoms with Gasteiger partial charge >= 0.3 is 0 Å². The Morgan fingerprint density at radius 3 is 2.64 bits per heavy atom. The second kappa shape index (κ2) is 7.90. The number of hydrazone groups is 1. The van der Waals surface area contributed by atoms with Crippen LogP contribution in [0.3, 0.4) is 0 Å². The fourth-order valence-electron chi connectivity index (χ4n) is 1.56. The highest BCUT2D eigenvalue weighted by Crippen LogP contribution is 2.11. The van der Waals surface area contributed by atoms with Crippen LogP contribution in [0.25, 0.3) is 0 Å². The lowest BCUT2D eigenvalue weighted by Crippen LogP contribution is -2.34. The number of nitrogens with zero attached hydrogens (tertiary/aromatic N) is 2. The van der Waals surface area contributed by atoms with Crippen LogP contribution in [0.15, 0.2) is 53.9 Å². The van der Waals surface area contributed by atoms with Gasteiger partial charge in [-0.1, -0.05) is 29.8 Å². The Morgan fingerprint density at radius 2 is 1.91 bits per heavy atom. The lowest BCUT2D eigenvalue weighted by molar-refractivity contribution is -0.120. The van der Waals surface area contributed by atoms with Crippen LogP contribution in [-0.4, -0.2) is 29.6 Å². The molecule has 0 aliphatic heterocycles. The Hall–Kier alpha value is -2.73. The zero-order valence-electron chi connectivity index (χ0n) is 11.5. The van der Waals surface area contributed by atoms with Crippen LogP contribution >= 0.6 is 11.6 Å². The lowest BCUT2D eigenvalue weighted by Gasteiger charge is -2.03. The van der Waals surface area contributed by atoms with Gasteiger partial charge in [-0.25, -0.2) is 5.43 Å². The maximum Gasteiger partial charge on any atom is 0.259 e. The summed E-state index contributed by atoms with van der Waals surface area (Å²) in [7, 11) is 0. The van der Waals surface area contributed by atoms with Crippen molar-refractivity contribution >= 4 is 29.6 Å². The molecule has 0 unspecified atom stereocenters. The first kappa shape index (κ1) is 15.7. The fourth-order valence-corrected chi connectivity index (χ4v) is 1.74. The van der Waals surface area contributed by atoms with Crippen molar-refractivity contribution < 1.29 is 9.59 Å². The molecule has 112 valence electrons. The number of rotatable bonds is 5. The van der Waals surface area contributed by atoms with E-state index in [9.17, 15) is 9.59 Å². The van der Waals surface area contributed by atoms with E-state index >= 15 is 0 Å². The maximum absolute atomic E-state index is 11.7. The summed E-state index contributed by atoms with van der Waals surface area (Å²) in [5, 5.41) is 6.80. The highest BCUT2D eigenvalue weighted by molar-refractivity contribution is 6.33. The first-order chi connectivity index (χ1) is 10.7. The number of nitrogens with one attached hydrogen (secondary N) is 2. The van der Waals surface area contributed by atoms with Gasteiger partial charge in [-0.3, -0.25) is 14.6 Å². The van der Waals surface area contributed by atoms with Gasteiger partial charge in [0, 0.05) is 28.5 Å². The molecule has 0 spiro atoms. The molecule has 6 nitrogen and oxygen atoms in total. The number of carbonyl (C=O) groups excluding carboxylic acids is 2. The predicted octanol–water partition coefficient (Wildman–Crippen LogP) is 1.62. The van der Waals surface area contributed by atoms with Gasteiger partial charge in [-0.15, -0.1) is 0 Å². The predicted molar refractivity (Wildman–Crippen MR) is 83.8 cm³/mol. The molecule has 0 saturated carbocycles. The van der Waals surface area contributed by atoms with Crippen molar-refractivity contribution in [1.29, 1.82) is 0 Å². The average Bonchev–Trinajstić information content (AvgIpc) is 2.55. The van der Waals surface area contributed by atoms with Crippen molar-refractivity contribution in [1.82, 2.24) is 15.7 Å². The molecule has 0 saturated heterocycles. The standard InChI is InChI=1S/C15H13ClN4O2/c16-13-4-2-1-3-12(13)9-19-20-14(21)10-18-15(22)11-5-7-17-8-6-11/h1-9H,10H2,(H,18,22)(H,20,21)/b19-9-. The minimum atomic E-state index is -0.439. The summed E-state index contributed by atoms with van der Waals surface area (Å²) in [5.74, 6) is -0.793. The zero-order chi connectivity index (χ0) is 15.8. The van der Waals surface area contributed by atoms with E-state index in [1.807, 2.05) is 6.07 Å². The third-order valence-electron chi connectivity index (χ3n) is 2.65. The Balaban J connectivity index is 1.79. The van der Waals surface area contributed by atoms with Crippen molar-refractivity contribution in [3.05, 3.63) is 64.9 Å². The molecule has 2 rings (SSSR count). The van der Waals surface area contributed by atoms with Crippen molar-refractivity contribution in [3.8, 4) is 0 Å². The van der Waals surface area contributed by atoms with E-state index in [0.717, 1.165) is 0 Å². The number of amides is 2.